The number of ether oxygens (including phenoxy) is 1. The van der Waals surface area contributed by atoms with E-state index in [4.69, 9.17) is 22.2 Å². The maximum absolute atomic E-state index is 13.5. The van der Waals surface area contributed by atoms with Crippen molar-refractivity contribution < 1.29 is 22.7 Å². The number of hydrogen-bond donors (Lipinski definition) is 1. The Morgan fingerprint density at radius 2 is 1.97 bits per heavy atom. The molecule has 1 unspecified atom stereocenters. The third kappa shape index (κ3) is 3.53. The average Bonchev–Trinajstić information content (AvgIpc) is 3.05. The zero-order valence-corrected chi connectivity index (χ0v) is 18.7. The summed E-state index contributed by atoms with van der Waals surface area (Å²) < 4.78 is 46.3. The van der Waals surface area contributed by atoms with Crippen molar-refractivity contribution in [1.29, 1.82) is 5.26 Å². The number of morpholine rings is 1. The third-order valence-electron chi connectivity index (χ3n) is 6.59. The second-order valence-corrected chi connectivity index (χ2v) is 8.86. The summed E-state index contributed by atoms with van der Waals surface area (Å²) in [4.78, 5) is 20.0. The van der Waals surface area contributed by atoms with Gasteiger partial charge in [-0.15, -0.1) is 0 Å². The number of thiocarbonyl (C=S) groups is 1. The highest BCUT2D eigenvalue weighted by atomic mass is 32.1. The molecule has 2 saturated heterocycles. The average molecular weight is 488 g/mol. The lowest BCUT2D eigenvalue weighted by Gasteiger charge is -2.43. The van der Waals surface area contributed by atoms with E-state index in [1.54, 1.807) is 4.90 Å². The Hall–Kier alpha value is -3.07. The molecule has 1 amide bonds. The Balaban J connectivity index is 1.51. The summed E-state index contributed by atoms with van der Waals surface area (Å²) in [5, 5.41) is 12.4. The molecule has 11 heteroatoms. The predicted octanol–water partition coefficient (Wildman–Crippen LogP) is 3.69. The van der Waals surface area contributed by atoms with E-state index in [9.17, 15) is 18.0 Å². The van der Waals surface area contributed by atoms with Crippen LogP contribution in [0, 0.1) is 11.3 Å². The maximum atomic E-state index is 13.5. The smallest absolute Gasteiger partial charge is 0.371 e. The number of nitrogens with one attached hydrogen (secondary N) is 1. The fourth-order valence-electron chi connectivity index (χ4n) is 4.71. The first-order valence-electron chi connectivity index (χ1n) is 10.8. The van der Waals surface area contributed by atoms with Crippen LogP contribution in [0.4, 0.5) is 24.5 Å². The van der Waals surface area contributed by atoms with Crippen LogP contribution in [0.3, 0.4) is 0 Å². The van der Waals surface area contributed by atoms with Crippen molar-refractivity contribution in [3.63, 3.8) is 0 Å². The van der Waals surface area contributed by atoms with Crippen molar-refractivity contribution in [3.8, 4) is 6.07 Å². The SMILES string of the molecule is N#Cc1ncc(N2C(=O)C3(CCC3)N(c3ccc(C4CNCCO4)cc3)C2=S)cc1C(F)(F)F. The van der Waals surface area contributed by atoms with Gasteiger partial charge < -0.3 is 15.0 Å². The molecule has 5 rings (SSSR count). The molecule has 176 valence electrons. The van der Waals surface area contributed by atoms with Gasteiger partial charge in [0.05, 0.1) is 30.2 Å². The number of aromatic nitrogens is 1. The fraction of sp³-hybridized carbons (Fsp3) is 0.391. The van der Waals surface area contributed by atoms with E-state index in [0.29, 0.717) is 31.7 Å². The molecule has 1 atom stereocenters. The van der Waals surface area contributed by atoms with Gasteiger partial charge in [0, 0.05) is 18.8 Å². The van der Waals surface area contributed by atoms with Gasteiger partial charge in [-0.1, -0.05) is 12.1 Å². The number of alkyl halides is 3. The minimum atomic E-state index is -4.79. The molecule has 3 heterocycles. The fourth-order valence-corrected chi connectivity index (χ4v) is 5.18. The number of rotatable bonds is 3. The summed E-state index contributed by atoms with van der Waals surface area (Å²) in [6, 6.07) is 9.77. The number of anilines is 2. The molecule has 1 aromatic carbocycles. The Morgan fingerprint density at radius 1 is 1.24 bits per heavy atom. The largest absolute Gasteiger partial charge is 0.419 e. The molecule has 2 aliphatic heterocycles. The zero-order valence-electron chi connectivity index (χ0n) is 17.9. The van der Waals surface area contributed by atoms with Crippen molar-refractivity contribution >= 4 is 34.6 Å². The maximum Gasteiger partial charge on any atom is 0.419 e. The van der Waals surface area contributed by atoms with Crippen molar-refractivity contribution in [2.24, 2.45) is 0 Å². The molecular weight excluding hydrogens is 467 g/mol. The Morgan fingerprint density at radius 3 is 2.53 bits per heavy atom. The van der Waals surface area contributed by atoms with Crippen molar-refractivity contribution in [2.45, 2.75) is 37.1 Å². The monoisotopic (exact) mass is 487 g/mol. The third-order valence-corrected chi connectivity index (χ3v) is 6.95. The summed E-state index contributed by atoms with van der Waals surface area (Å²) in [6.07, 6.45) is -1.90. The van der Waals surface area contributed by atoms with Crippen LogP contribution < -0.4 is 15.1 Å². The molecule has 3 fully saturated rings. The lowest BCUT2D eigenvalue weighted by atomic mass is 9.75. The van der Waals surface area contributed by atoms with Gasteiger partial charge in [0.2, 0.25) is 0 Å². The Bertz CT molecular complexity index is 1180. The number of nitrogens with zero attached hydrogens (tertiary/aromatic N) is 4. The number of carbonyl (C=O) groups excluding carboxylic acids is 1. The van der Waals surface area contributed by atoms with E-state index in [0.717, 1.165) is 35.7 Å². The number of halogens is 3. The van der Waals surface area contributed by atoms with E-state index in [-0.39, 0.29) is 22.8 Å². The number of benzene rings is 1. The molecule has 0 bridgehead atoms. The van der Waals surface area contributed by atoms with Gasteiger partial charge in [-0.25, -0.2) is 4.98 Å². The van der Waals surface area contributed by atoms with E-state index in [1.807, 2.05) is 24.3 Å². The number of hydrogen-bond acceptors (Lipinski definition) is 6. The quantitative estimate of drug-likeness (QED) is 0.662. The first-order valence-corrected chi connectivity index (χ1v) is 11.3. The molecule has 1 saturated carbocycles. The van der Waals surface area contributed by atoms with Crippen molar-refractivity contribution in [2.75, 3.05) is 29.5 Å². The van der Waals surface area contributed by atoms with Gasteiger partial charge in [-0.3, -0.25) is 9.69 Å². The molecule has 2 aromatic rings. The normalized spacial score (nSPS) is 22.1. The highest BCUT2D eigenvalue weighted by Gasteiger charge is 2.59. The lowest BCUT2D eigenvalue weighted by Crippen LogP contribution is -2.55. The summed E-state index contributed by atoms with van der Waals surface area (Å²) in [5.74, 6) is -0.382. The second kappa shape index (κ2) is 8.30. The van der Waals surface area contributed by atoms with Gasteiger partial charge in [0.25, 0.3) is 5.91 Å². The van der Waals surface area contributed by atoms with E-state index < -0.39 is 23.0 Å². The van der Waals surface area contributed by atoms with Crippen LogP contribution in [-0.4, -0.2) is 41.2 Å². The minimum Gasteiger partial charge on any atom is -0.371 e. The first kappa shape index (κ1) is 22.7. The Labute approximate surface area is 199 Å². The van der Waals surface area contributed by atoms with Gasteiger partial charge in [-0.05, 0) is 55.2 Å². The molecule has 0 radical (unpaired) electrons. The van der Waals surface area contributed by atoms with Gasteiger partial charge in [0.1, 0.15) is 11.6 Å². The standard InChI is InChI=1S/C23H20F3N5O2S/c24-23(25,26)17-10-16(12-29-18(17)11-27)30-20(32)22(6-1-7-22)31(21(30)34)15-4-2-14(3-5-15)19-13-28-8-9-33-19/h2-5,10,12,19,28H,1,6-9,13H2. The predicted molar refractivity (Wildman–Crippen MR) is 121 cm³/mol. The molecule has 3 aliphatic rings. The van der Waals surface area contributed by atoms with Crippen LogP contribution >= 0.6 is 12.2 Å². The summed E-state index contributed by atoms with van der Waals surface area (Å²) in [5.41, 5.74) is -1.32. The van der Waals surface area contributed by atoms with Crippen LogP contribution in [0.15, 0.2) is 36.5 Å². The van der Waals surface area contributed by atoms with Crippen molar-refractivity contribution in [1.82, 2.24) is 10.3 Å². The van der Waals surface area contributed by atoms with E-state index >= 15 is 0 Å². The molecule has 1 aromatic heterocycles. The summed E-state index contributed by atoms with van der Waals surface area (Å²) in [7, 11) is 0. The molecule has 34 heavy (non-hydrogen) atoms. The summed E-state index contributed by atoms with van der Waals surface area (Å²) >= 11 is 5.63. The minimum absolute atomic E-state index is 0.0744. The van der Waals surface area contributed by atoms with E-state index in [2.05, 4.69) is 10.3 Å². The van der Waals surface area contributed by atoms with Crippen molar-refractivity contribution in [3.05, 3.63) is 53.3 Å². The van der Waals surface area contributed by atoms with Gasteiger partial charge in [-0.2, -0.15) is 18.4 Å². The summed E-state index contributed by atoms with van der Waals surface area (Å²) in [6.45, 7) is 2.12. The molecule has 7 nitrogen and oxygen atoms in total. The number of carbonyl (C=O) groups is 1. The van der Waals surface area contributed by atoms with Crippen LogP contribution in [-0.2, 0) is 15.7 Å². The lowest BCUT2D eigenvalue weighted by molar-refractivity contribution is -0.138. The number of amides is 1. The number of pyridine rings is 1. The van der Waals surface area contributed by atoms with Crippen LogP contribution in [0.1, 0.15) is 42.2 Å². The highest BCUT2D eigenvalue weighted by Crippen LogP contribution is 2.48. The Kier molecular flexibility index (Phi) is 5.55. The molecule has 1 spiro atoms. The molecule has 1 N–H and O–H groups in total. The molecule has 1 aliphatic carbocycles. The van der Waals surface area contributed by atoms with Crippen LogP contribution in [0.2, 0.25) is 0 Å². The second-order valence-electron chi connectivity index (χ2n) is 8.50. The van der Waals surface area contributed by atoms with Gasteiger partial charge >= 0.3 is 6.18 Å². The molecular formula is C23H20F3N5O2S. The first-order chi connectivity index (χ1) is 16.3. The number of nitriles is 1. The highest BCUT2D eigenvalue weighted by molar-refractivity contribution is 7.81. The zero-order chi connectivity index (χ0) is 24.1. The van der Waals surface area contributed by atoms with Crippen LogP contribution in [0.5, 0.6) is 0 Å². The van der Waals surface area contributed by atoms with Crippen LogP contribution in [0.25, 0.3) is 0 Å². The van der Waals surface area contributed by atoms with E-state index in [1.165, 1.54) is 6.07 Å². The van der Waals surface area contributed by atoms with Gasteiger partial charge in [0.15, 0.2) is 10.8 Å². The topological polar surface area (TPSA) is 81.5 Å².